The quantitative estimate of drug-likeness (QED) is 0.520. The van der Waals surface area contributed by atoms with E-state index in [9.17, 15) is 9.59 Å². The van der Waals surface area contributed by atoms with Gasteiger partial charge in [0.25, 0.3) is 11.8 Å². The van der Waals surface area contributed by atoms with Crippen molar-refractivity contribution in [2.24, 2.45) is 0 Å². The lowest BCUT2D eigenvalue weighted by molar-refractivity contribution is -0.124. The van der Waals surface area contributed by atoms with Crippen LogP contribution in [0, 0.1) is 6.92 Å². The number of aryl methyl sites for hydroxylation is 1. The summed E-state index contributed by atoms with van der Waals surface area (Å²) in [7, 11) is 0. The Kier molecular flexibility index (Phi) is 4.66. The summed E-state index contributed by atoms with van der Waals surface area (Å²) in [6.45, 7) is 3.63. The predicted octanol–water partition coefficient (Wildman–Crippen LogP) is 2.61. The monoisotopic (exact) mass is 394 g/mol. The second-order valence-electron chi connectivity index (χ2n) is 6.29. The van der Waals surface area contributed by atoms with Crippen molar-refractivity contribution in [3.63, 3.8) is 0 Å². The number of imidazole rings is 1. The highest BCUT2D eigenvalue weighted by Crippen LogP contribution is 2.30. The van der Waals surface area contributed by atoms with Crippen LogP contribution >= 0.6 is 11.3 Å². The number of benzene rings is 1. The number of nitrogens with one attached hydrogen (secondary N) is 2. The van der Waals surface area contributed by atoms with Crippen molar-refractivity contribution in [1.29, 1.82) is 0 Å². The van der Waals surface area contributed by atoms with Crippen molar-refractivity contribution < 1.29 is 9.59 Å². The van der Waals surface area contributed by atoms with Gasteiger partial charge in [0.1, 0.15) is 10.9 Å². The summed E-state index contributed by atoms with van der Waals surface area (Å²) in [6.07, 6.45) is 4.84. The van der Waals surface area contributed by atoms with Gasteiger partial charge in [0.2, 0.25) is 0 Å². The Labute approximate surface area is 164 Å². The van der Waals surface area contributed by atoms with E-state index >= 15 is 0 Å². The lowest BCUT2D eigenvalue weighted by atomic mass is 10.3. The first-order valence-corrected chi connectivity index (χ1v) is 9.48. The number of amides is 2. The van der Waals surface area contributed by atoms with Crippen molar-refractivity contribution in [2.75, 3.05) is 0 Å². The molecule has 0 aliphatic heterocycles. The van der Waals surface area contributed by atoms with Crippen LogP contribution in [0.25, 0.3) is 15.9 Å². The first kappa shape index (κ1) is 17.9. The van der Waals surface area contributed by atoms with Crippen molar-refractivity contribution >= 4 is 33.4 Å². The standard InChI is InChI=1S/C19H18N6O2S/c1-12-15-10-16(28-19(15)25(23-12)14-6-4-3-5-7-14)18(27)22-21-17(26)13(2)24-9-8-20-11-24/h3-11,13H,1-2H3,(H,21,26)(H,22,27)/t13-/m0/s1. The van der Waals surface area contributed by atoms with Gasteiger partial charge in [-0.05, 0) is 32.0 Å². The molecule has 3 aromatic heterocycles. The number of hydrogen-bond acceptors (Lipinski definition) is 5. The Morgan fingerprint density at radius 1 is 1.18 bits per heavy atom. The number of carbonyl (C=O) groups is 2. The number of para-hydroxylation sites is 1. The van der Waals surface area contributed by atoms with E-state index in [2.05, 4.69) is 20.9 Å². The zero-order chi connectivity index (χ0) is 19.7. The summed E-state index contributed by atoms with van der Waals surface area (Å²) in [5.74, 6) is -0.703. The van der Waals surface area contributed by atoms with Crippen LogP contribution in [0.4, 0.5) is 0 Å². The fourth-order valence-electron chi connectivity index (χ4n) is 2.82. The van der Waals surface area contributed by atoms with E-state index in [-0.39, 0.29) is 11.8 Å². The van der Waals surface area contributed by atoms with Crippen LogP contribution in [0.3, 0.4) is 0 Å². The van der Waals surface area contributed by atoms with Gasteiger partial charge in [-0.2, -0.15) is 5.10 Å². The largest absolute Gasteiger partial charge is 0.325 e. The molecule has 28 heavy (non-hydrogen) atoms. The maximum Gasteiger partial charge on any atom is 0.279 e. The highest BCUT2D eigenvalue weighted by molar-refractivity contribution is 7.20. The van der Waals surface area contributed by atoms with Crippen LogP contribution < -0.4 is 10.9 Å². The van der Waals surface area contributed by atoms with Crippen LogP contribution in [0.2, 0.25) is 0 Å². The van der Waals surface area contributed by atoms with Gasteiger partial charge in [0.15, 0.2) is 0 Å². The molecule has 142 valence electrons. The third-order valence-corrected chi connectivity index (χ3v) is 5.53. The molecule has 0 saturated carbocycles. The molecule has 0 fully saturated rings. The van der Waals surface area contributed by atoms with Gasteiger partial charge in [0.05, 0.1) is 22.6 Å². The lowest BCUT2D eigenvalue weighted by Crippen LogP contribution is -2.44. The van der Waals surface area contributed by atoms with Crippen LogP contribution in [-0.4, -0.2) is 31.1 Å². The van der Waals surface area contributed by atoms with Gasteiger partial charge >= 0.3 is 0 Å². The first-order valence-electron chi connectivity index (χ1n) is 8.67. The zero-order valence-electron chi connectivity index (χ0n) is 15.3. The summed E-state index contributed by atoms with van der Waals surface area (Å²) in [5, 5.41) is 5.48. The highest BCUT2D eigenvalue weighted by Gasteiger charge is 2.19. The minimum atomic E-state index is -0.487. The van der Waals surface area contributed by atoms with Crippen molar-refractivity contribution in [1.82, 2.24) is 30.2 Å². The third kappa shape index (κ3) is 3.27. The van der Waals surface area contributed by atoms with Gasteiger partial charge < -0.3 is 4.57 Å². The minimum absolute atomic E-state index is 0.334. The predicted molar refractivity (Wildman–Crippen MR) is 106 cm³/mol. The maximum atomic E-state index is 12.5. The average molecular weight is 394 g/mol. The molecule has 0 radical (unpaired) electrons. The SMILES string of the molecule is Cc1nn(-c2ccccc2)c2sc(C(=O)NNC(=O)[C@H](C)n3ccnc3)cc12. The van der Waals surface area contributed by atoms with E-state index in [1.54, 1.807) is 36.3 Å². The number of rotatable bonds is 4. The first-order chi connectivity index (χ1) is 13.5. The molecule has 0 bridgehead atoms. The Morgan fingerprint density at radius 3 is 2.68 bits per heavy atom. The molecule has 3 heterocycles. The highest BCUT2D eigenvalue weighted by atomic mass is 32.1. The summed E-state index contributed by atoms with van der Waals surface area (Å²) < 4.78 is 3.48. The third-order valence-electron chi connectivity index (χ3n) is 4.42. The summed E-state index contributed by atoms with van der Waals surface area (Å²) in [4.78, 5) is 30.0. The Bertz CT molecular complexity index is 1130. The van der Waals surface area contributed by atoms with E-state index in [1.165, 1.54) is 11.3 Å². The molecular formula is C19H18N6O2S. The number of carbonyl (C=O) groups excluding carboxylic acids is 2. The molecule has 0 aliphatic rings. The Balaban J connectivity index is 1.51. The van der Waals surface area contributed by atoms with Crippen LogP contribution in [0.1, 0.15) is 28.3 Å². The van der Waals surface area contributed by atoms with Crippen LogP contribution in [0.5, 0.6) is 0 Å². The molecule has 0 aliphatic carbocycles. The zero-order valence-corrected chi connectivity index (χ0v) is 16.1. The van der Waals surface area contributed by atoms with Gasteiger partial charge in [0, 0.05) is 17.8 Å². The molecule has 9 heteroatoms. The summed E-state index contributed by atoms with van der Waals surface area (Å²) >= 11 is 1.33. The molecule has 4 aromatic rings. The topological polar surface area (TPSA) is 93.8 Å². The molecule has 1 aromatic carbocycles. The molecular weight excluding hydrogens is 376 g/mol. The minimum Gasteiger partial charge on any atom is -0.325 e. The van der Waals surface area contributed by atoms with Gasteiger partial charge in [-0.15, -0.1) is 11.3 Å². The molecule has 2 amide bonds. The van der Waals surface area contributed by atoms with Crippen molar-refractivity contribution in [3.8, 4) is 5.69 Å². The van der Waals surface area contributed by atoms with Crippen LogP contribution in [0.15, 0.2) is 55.1 Å². The normalized spacial score (nSPS) is 12.1. The van der Waals surface area contributed by atoms with Gasteiger partial charge in [-0.1, -0.05) is 18.2 Å². The van der Waals surface area contributed by atoms with Gasteiger partial charge in [-0.3, -0.25) is 20.4 Å². The number of nitrogens with zero attached hydrogens (tertiary/aromatic N) is 4. The molecule has 8 nitrogen and oxygen atoms in total. The van der Waals surface area contributed by atoms with Crippen LogP contribution in [-0.2, 0) is 4.79 Å². The van der Waals surface area contributed by atoms with E-state index in [1.807, 2.05) is 41.9 Å². The van der Waals surface area contributed by atoms with E-state index in [0.29, 0.717) is 4.88 Å². The number of fused-ring (bicyclic) bond motifs is 1. The molecule has 0 unspecified atom stereocenters. The Hall–Kier alpha value is -3.46. The van der Waals surface area contributed by atoms with Gasteiger partial charge in [-0.25, -0.2) is 9.67 Å². The number of hydrazine groups is 1. The summed E-state index contributed by atoms with van der Waals surface area (Å²) in [6, 6.07) is 11.1. The van der Waals surface area contributed by atoms with E-state index in [4.69, 9.17) is 0 Å². The van der Waals surface area contributed by atoms with Crippen molar-refractivity contribution in [3.05, 3.63) is 65.7 Å². The fraction of sp³-hybridized carbons (Fsp3) is 0.158. The number of thiophene rings is 1. The summed E-state index contributed by atoms with van der Waals surface area (Å²) in [5.41, 5.74) is 6.71. The van der Waals surface area contributed by atoms with E-state index < -0.39 is 6.04 Å². The number of aromatic nitrogens is 4. The lowest BCUT2D eigenvalue weighted by Gasteiger charge is -2.13. The second-order valence-corrected chi connectivity index (χ2v) is 7.32. The molecule has 4 rings (SSSR count). The van der Waals surface area contributed by atoms with E-state index in [0.717, 1.165) is 21.6 Å². The molecule has 0 saturated heterocycles. The fourth-order valence-corrected chi connectivity index (χ4v) is 3.90. The second kappa shape index (κ2) is 7.28. The molecule has 0 spiro atoms. The smallest absolute Gasteiger partial charge is 0.279 e. The van der Waals surface area contributed by atoms with Crippen molar-refractivity contribution in [2.45, 2.75) is 19.9 Å². The Morgan fingerprint density at radius 2 is 1.96 bits per heavy atom. The maximum absolute atomic E-state index is 12.5. The average Bonchev–Trinajstić information content (AvgIpc) is 3.44. The number of hydrogen-bond donors (Lipinski definition) is 2. The molecule has 1 atom stereocenters. The molecule has 2 N–H and O–H groups in total.